The van der Waals surface area contributed by atoms with E-state index in [1.807, 2.05) is 33.8 Å². The Morgan fingerprint density at radius 2 is 1.71 bits per heavy atom. The highest BCUT2D eigenvalue weighted by Gasteiger charge is 2.12. The molecule has 0 bridgehead atoms. The molecule has 0 aromatic carbocycles. The molecule has 0 aromatic rings. The Kier molecular flexibility index (Phi) is 14.2. The van der Waals surface area contributed by atoms with E-state index in [1.54, 1.807) is 0 Å². The molecule has 0 spiro atoms. The van der Waals surface area contributed by atoms with E-state index in [1.165, 1.54) is 0 Å². The monoisotopic (exact) mass is 242 g/mol. The van der Waals surface area contributed by atoms with Gasteiger partial charge in [0.05, 0.1) is 6.10 Å². The molecule has 1 N–H and O–H groups in total. The highest BCUT2D eigenvalue weighted by Crippen LogP contribution is 2.07. The molecular formula is C14H26O3. The van der Waals surface area contributed by atoms with E-state index in [-0.39, 0.29) is 5.92 Å². The molecule has 2 unspecified atom stereocenters. The van der Waals surface area contributed by atoms with Gasteiger partial charge < -0.3 is 9.90 Å². The van der Waals surface area contributed by atoms with Crippen LogP contribution in [0.5, 0.6) is 0 Å². The zero-order valence-corrected chi connectivity index (χ0v) is 11.5. The van der Waals surface area contributed by atoms with Crippen molar-refractivity contribution in [3.8, 4) is 0 Å². The number of aldehydes is 2. The molecule has 0 aliphatic carbocycles. The van der Waals surface area contributed by atoms with Gasteiger partial charge in [-0.1, -0.05) is 33.8 Å². The number of carbonyl (C=O) groups excluding carboxylic acids is 2. The van der Waals surface area contributed by atoms with Crippen LogP contribution in [0.25, 0.3) is 0 Å². The van der Waals surface area contributed by atoms with E-state index in [0.717, 1.165) is 37.4 Å². The van der Waals surface area contributed by atoms with Crippen LogP contribution in [-0.2, 0) is 9.59 Å². The van der Waals surface area contributed by atoms with E-state index >= 15 is 0 Å². The molecule has 0 rings (SSSR count). The van der Waals surface area contributed by atoms with E-state index in [9.17, 15) is 9.59 Å². The minimum absolute atomic E-state index is 0.157. The summed E-state index contributed by atoms with van der Waals surface area (Å²) in [5, 5.41) is 9.09. The zero-order chi connectivity index (χ0) is 13.7. The average Bonchev–Trinajstić information content (AvgIpc) is 2.37. The van der Waals surface area contributed by atoms with Crippen LogP contribution in [0.2, 0.25) is 0 Å². The van der Waals surface area contributed by atoms with Crippen LogP contribution in [0.1, 0.15) is 53.4 Å². The fourth-order valence-corrected chi connectivity index (χ4v) is 1.30. The second-order valence-electron chi connectivity index (χ2n) is 3.84. The summed E-state index contributed by atoms with van der Waals surface area (Å²) >= 11 is 0. The minimum atomic E-state index is -0.438. The third-order valence-corrected chi connectivity index (χ3v) is 2.58. The predicted molar refractivity (Wildman–Crippen MR) is 70.9 cm³/mol. The molecule has 100 valence electrons. The number of hydrogen-bond acceptors (Lipinski definition) is 3. The van der Waals surface area contributed by atoms with Crippen molar-refractivity contribution in [2.45, 2.75) is 59.5 Å². The van der Waals surface area contributed by atoms with Gasteiger partial charge in [0.15, 0.2) is 0 Å². The maximum atomic E-state index is 10.2. The number of allylic oxidation sites excluding steroid dienone is 2. The van der Waals surface area contributed by atoms with Crippen LogP contribution in [0.4, 0.5) is 0 Å². The third kappa shape index (κ3) is 9.94. The van der Waals surface area contributed by atoms with E-state index in [2.05, 4.69) is 0 Å². The second kappa shape index (κ2) is 13.1. The fourth-order valence-electron chi connectivity index (χ4n) is 1.30. The molecule has 0 heterocycles. The smallest absolute Gasteiger partial charge is 0.145 e. The summed E-state index contributed by atoms with van der Waals surface area (Å²) in [6.07, 6.45) is 6.48. The SMILES string of the molecule is CCC(O)C(C=O)CC.CCC=C(C=O)CC. The Bertz CT molecular complexity index is 222. The normalized spacial score (nSPS) is 14.3. The van der Waals surface area contributed by atoms with E-state index in [0.29, 0.717) is 6.42 Å². The lowest BCUT2D eigenvalue weighted by Crippen LogP contribution is -2.19. The maximum Gasteiger partial charge on any atom is 0.145 e. The van der Waals surface area contributed by atoms with Crippen molar-refractivity contribution in [1.29, 1.82) is 0 Å². The first kappa shape index (κ1) is 18.4. The standard InChI is InChI=1S/C7H14O2.C7H12O/c1-3-6(5-8)7(9)4-2;1-3-5-7(4-2)6-8/h5-7,9H,3-4H2,1-2H3;5-6H,3-4H2,1-2H3. The highest BCUT2D eigenvalue weighted by molar-refractivity contribution is 5.72. The molecule has 0 saturated heterocycles. The molecule has 0 aliphatic rings. The molecule has 0 radical (unpaired) electrons. The number of rotatable bonds is 7. The van der Waals surface area contributed by atoms with Gasteiger partial charge in [-0.15, -0.1) is 0 Å². The first-order chi connectivity index (χ1) is 8.10. The molecule has 0 fully saturated rings. The van der Waals surface area contributed by atoms with Crippen LogP contribution < -0.4 is 0 Å². The summed E-state index contributed by atoms with van der Waals surface area (Å²) in [4.78, 5) is 20.2. The van der Waals surface area contributed by atoms with Gasteiger partial charge in [-0.05, 0) is 31.3 Å². The van der Waals surface area contributed by atoms with Gasteiger partial charge in [0, 0.05) is 5.92 Å². The Morgan fingerprint density at radius 3 is 1.82 bits per heavy atom. The van der Waals surface area contributed by atoms with Gasteiger partial charge >= 0.3 is 0 Å². The molecule has 17 heavy (non-hydrogen) atoms. The zero-order valence-electron chi connectivity index (χ0n) is 11.5. The van der Waals surface area contributed by atoms with Crippen LogP contribution in [0.15, 0.2) is 11.6 Å². The quantitative estimate of drug-likeness (QED) is 0.551. The molecular weight excluding hydrogens is 216 g/mol. The Balaban J connectivity index is 0. The molecule has 3 heteroatoms. The van der Waals surface area contributed by atoms with E-state index < -0.39 is 6.10 Å². The summed E-state index contributed by atoms with van der Waals surface area (Å²) in [6, 6.07) is 0. The number of carbonyl (C=O) groups is 2. The number of hydrogen-bond donors (Lipinski definition) is 1. The lowest BCUT2D eigenvalue weighted by molar-refractivity contribution is -0.114. The molecule has 0 amide bonds. The van der Waals surface area contributed by atoms with Crippen molar-refractivity contribution >= 4 is 12.6 Å². The summed E-state index contributed by atoms with van der Waals surface area (Å²) in [7, 11) is 0. The van der Waals surface area contributed by atoms with Crippen molar-refractivity contribution < 1.29 is 14.7 Å². The fraction of sp³-hybridized carbons (Fsp3) is 0.714. The summed E-state index contributed by atoms with van der Waals surface area (Å²) in [5.74, 6) is -0.157. The summed E-state index contributed by atoms with van der Waals surface area (Å²) < 4.78 is 0. The van der Waals surface area contributed by atoms with E-state index in [4.69, 9.17) is 5.11 Å². The highest BCUT2D eigenvalue weighted by atomic mass is 16.3. The van der Waals surface area contributed by atoms with Crippen molar-refractivity contribution in [2.75, 3.05) is 0 Å². The average molecular weight is 242 g/mol. The largest absolute Gasteiger partial charge is 0.392 e. The minimum Gasteiger partial charge on any atom is -0.392 e. The van der Waals surface area contributed by atoms with Crippen LogP contribution in [0.3, 0.4) is 0 Å². The predicted octanol–water partition coefficient (Wildman–Crippen LogP) is 2.91. The second-order valence-corrected chi connectivity index (χ2v) is 3.84. The third-order valence-electron chi connectivity index (χ3n) is 2.58. The number of aliphatic hydroxyl groups excluding tert-OH is 1. The van der Waals surface area contributed by atoms with Crippen LogP contribution in [0, 0.1) is 5.92 Å². The summed E-state index contributed by atoms with van der Waals surface area (Å²) in [6.45, 7) is 7.78. The Hall–Kier alpha value is -0.960. The Morgan fingerprint density at radius 1 is 1.12 bits per heavy atom. The lowest BCUT2D eigenvalue weighted by atomic mass is 10.00. The van der Waals surface area contributed by atoms with Crippen molar-refractivity contribution in [1.82, 2.24) is 0 Å². The maximum absolute atomic E-state index is 10.2. The van der Waals surface area contributed by atoms with Gasteiger partial charge in [0.25, 0.3) is 0 Å². The van der Waals surface area contributed by atoms with Gasteiger partial charge in [-0.25, -0.2) is 0 Å². The van der Waals surface area contributed by atoms with Crippen molar-refractivity contribution in [3.05, 3.63) is 11.6 Å². The molecule has 3 nitrogen and oxygen atoms in total. The Labute approximate surface area is 105 Å². The van der Waals surface area contributed by atoms with Crippen molar-refractivity contribution in [3.63, 3.8) is 0 Å². The van der Waals surface area contributed by atoms with Crippen molar-refractivity contribution in [2.24, 2.45) is 5.92 Å². The topological polar surface area (TPSA) is 54.4 Å². The van der Waals surface area contributed by atoms with Gasteiger partial charge in [-0.3, -0.25) is 4.79 Å². The van der Waals surface area contributed by atoms with Gasteiger partial charge in [-0.2, -0.15) is 0 Å². The first-order valence-electron chi connectivity index (χ1n) is 6.38. The molecule has 0 saturated carbocycles. The lowest BCUT2D eigenvalue weighted by Gasteiger charge is -2.12. The summed E-state index contributed by atoms with van der Waals surface area (Å²) in [5.41, 5.74) is 0.910. The van der Waals surface area contributed by atoms with Crippen LogP contribution in [-0.4, -0.2) is 23.8 Å². The molecule has 0 aromatic heterocycles. The number of aliphatic hydroxyl groups is 1. The molecule has 2 atom stereocenters. The van der Waals surface area contributed by atoms with Gasteiger partial charge in [0.1, 0.15) is 12.6 Å². The first-order valence-corrected chi connectivity index (χ1v) is 6.38. The van der Waals surface area contributed by atoms with Gasteiger partial charge in [0.2, 0.25) is 0 Å². The van der Waals surface area contributed by atoms with Crippen LogP contribution >= 0.6 is 0 Å². The molecule has 0 aliphatic heterocycles.